The van der Waals surface area contributed by atoms with Gasteiger partial charge < -0.3 is 20.0 Å². The number of benzene rings is 2. The SMILES string of the molecule is COc1ccc(CN/N=C/c2cc(I)c(O)c(I)c2)cc1OC. The van der Waals surface area contributed by atoms with Crippen LogP contribution in [0.1, 0.15) is 11.1 Å². The number of halogens is 2. The Hall–Kier alpha value is -1.23. The van der Waals surface area contributed by atoms with Gasteiger partial charge in [-0.05, 0) is 80.6 Å². The molecule has 5 nitrogen and oxygen atoms in total. The number of nitrogens with zero attached hydrogens (tertiary/aromatic N) is 1. The Morgan fingerprint density at radius 3 is 2.35 bits per heavy atom. The van der Waals surface area contributed by atoms with Crippen LogP contribution in [-0.4, -0.2) is 25.5 Å². The lowest BCUT2D eigenvalue weighted by Gasteiger charge is -2.09. The number of rotatable bonds is 6. The Labute approximate surface area is 162 Å². The third-order valence-electron chi connectivity index (χ3n) is 3.08. The first-order valence-corrected chi connectivity index (χ1v) is 8.85. The van der Waals surface area contributed by atoms with Crippen molar-refractivity contribution in [3.05, 3.63) is 48.6 Å². The van der Waals surface area contributed by atoms with Crippen molar-refractivity contribution in [1.29, 1.82) is 0 Å². The Kier molecular flexibility index (Phi) is 6.75. The van der Waals surface area contributed by atoms with Gasteiger partial charge in [0.1, 0.15) is 5.75 Å². The van der Waals surface area contributed by atoms with Crippen LogP contribution in [0.15, 0.2) is 35.4 Å². The second kappa shape index (κ2) is 8.57. The molecule has 0 unspecified atom stereocenters. The minimum atomic E-state index is 0.307. The minimum absolute atomic E-state index is 0.307. The number of methoxy groups -OCH3 is 2. The summed E-state index contributed by atoms with van der Waals surface area (Å²) in [5, 5.41) is 14.0. The van der Waals surface area contributed by atoms with Crippen LogP contribution in [-0.2, 0) is 6.54 Å². The van der Waals surface area contributed by atoms with Crippen LogP contribution in [0.5, 0.6) is 17.2 Å². The smallest absolute Gasteiger partial charge is 0.161 e. The zero-order chi connectivity index (χ0) is 16.8. The molecular formula is C16H16I2N2O3. The molecule has 0 heterocycles. The highest BCUT2D eigenvalue weighted by atomic mass is 127. The Morgan fingerprint density at radius 2 is 1.74 bits per heavy atom. The second-order valence-corrected chi connectivity index (χ2v) is 6.94. The van der Waals surface area contributed by atoms with Gasteiger partial charge in [-0.1, -0.05) is 6.07 Å². The van der Waals surface area contributed by atoms with Crippen molar-refractivity contribution in [2.24, 2.45) is 5.10 Å². The maximum absolute atomic E-state index is 9.75. The number of aromatic hydroxyl groups is 1. The fourth-order valence-electron chi connectivity index (χ4n) is 1.91. The molecule has 0 fully saturated rings. The predicted octanol–water partition coefficient (Wildman–Crippen LogP) is 3.74. The van der Waals surface area contributed by atoms with Gasteiger partial charge in [-0.2, -0.15) is 5.10 Å². The van der Waals surface area contributed by atoms with Gasteiger partial charge in [-0.25, -0.2) is 0 Å². The summed E-state index contributed by atoms with van der Waals surface area (Å²) in [7, 11) is 3.22. The second-order valence-electron chi connectivity index (χ2n) is 4.62. The van der Waals surface area contributed by atoms with Crippen LogP contribution >= 0.6 is 45.2 Å². The van der Waals surface area contributed by atoms with E-state index < -0.39 is 0 Å². The van der Waals surface area contributed by atoms with E-state index in [9.17, 15) is 5.11 Å². The maximum Gasteiger partial charge on any atom is 0.161 e. The molecule has 0 aliphatic carbocycles. The standard InChI is InChI=1S/C16H16I2N2O3/c1-22-14-4-3-10(7-15(14)23-2)8-19-20-9-11-5-12(17)16(21)13(18)6-11/h3-7,9,19,21H,8H2,1-2H3/b20-9+. The molecule has 2 N–H and O–H groups in total. The highest BCUT2D eigenvalue weighted by molar-refractivity contribution is 14.1. The van der Waals surface area contributed by atoms with Gasteiger partial charge in [0.25, 0.3) is 0 Å². The molecule has 0 amide bonds. The van der Waals surface area contributed by atoms with Crippen LogP contribution in [0, 0.1) is 7.14 Å². The fourth-order valence-corrected chi connectivity index (χ4v) is 3.72. The molecule has 0 radical (unpaired) electrons. The number of ether oxygens (including phenoxy) is 2. The summed E-state index contributed by atoms with van der Waals surface area (Å²) in [6.07, 6.45) is 1.73. The molecule has 122 valence electrons. The van der Waals surface area contributed by atoms with E-state index in [1.54, 1.807) is 20.4 Å². The summed E-state index contributed by atoms with van der Waals surface area (Å²) in [5.74, 6) is 1.70. The van der Waals surface area contributed by atoms with Crippen LogP contribution in [0.25, 0.3) is 0 Å². The molecule has 0 aliphatic rings. The van der Waals surface area contributed by atoms with Gasteiger partial charge in [0.15, 0.2) is 11.5 Å². The Morgan fingerprint density at radius 1 is 1.09 bits per heavy atom. The topological polar surface area (TPSA) is 63.1 Å². The van der Waals surface area contributed by atoms with Crippen molar-refractivity contribution >= 4 is 51.4 Å². The number of hydrogen-bond donors (Lipinski definition) is 2. The summed E-state index contributed by atoms with van der Waals surface area (Å²) in [6.45, 7) is 0.573. The van der Waals surface area contributed by atoms with E-state index >= 15 is 0 Å². The molecule has 2 rings (SSSR count). The van der Waals surface area contributed by atoms with Crippen LogP contribution < -0.4 is 14.9 Å². The molecule has 0 atom stereocenters. The highest BCUT2D eigenvalue weighted by Crippen LogP contribution is 2.28. The van der Waals surface area contributed by atoms with Crippen molar-refractivity contribution in [2.45, 2.75) is 6.54 Å². The van der Waals surface area contributed by atoms with Crippen molar-refractivity contribution in [3.63, 3.8) is 0 Å². The van der Waals surface area contributed by atoms with Gasteiger partial charge in [0, 0.05) is 0 Å². The monoisotopic (exact) mass is 538 g/mol. The van der Waals surface area contributed by atoms with Crippen molar-refractivity contribution in [1.82, 2.24) is 5.43 Å². The number of phenols is 1. The third kappa shape index (κ3) is 4.87. The molecule has 0 aromatic heterocycles. The van der Waals surface area contributed by atoms with E-state index in [0.717, 1.165) is 18.3 Å². The molecule has 0 saturated heterocycles. The lowest BCUT2D eigenvalue weighted by molar-refractivity contribution is 0.354. The van der Waals surface area contributed by atoms with E-state index in [1.807, 2.05) is 30.3 Å². The third-order valence-corrected chi connectivity index (χ3v) is 4.72. The van der Waals surface area contributed by atoms with Gasteiger partial charge in [0.2, 0.25) is 0 Å². The molecular weight excluding hydrogens is 522 g/mol. The number of hydrazone groups is 1. The number of hydrogen-bond acceptors (Lipinski definition) is 5. The number of phenolic OH excluding ortho intramolecular Hbond substituents is 1. The van der Waals surface area contributed by atoms with E-state index in [4.69, 9.17) is 9.47 Å². The van der Waals surface area contributed by atoms with Gasteiger partial charge in [-0.3, -0.25) is 0 Å². The van der Waals surface area contributed by atoms with Crippen molar-refractivity contribution < 1.29 is 14.6 Å². The molecule has 7 heteroatoms. The highest BCUT2D eigenvalue weighted by Gasteiger charge is 2.05. The molecule has 0 saturated carbocycles. The molecule has 23 heavy (non-hydrogen) atoms. The first-order valence-electron chi connectivity index (χ1n) is 6.70. The molecule has 0 bridgehead atoms. The summed E-state index contributed by atoms with van der Waals surface area (Å²) in [5.41, 5.74) is 4.96. The largest absolute Gasteiger partial charge is 0.506 e. The minimum Gasteiger partial charge on any atom is -0.506 e. The van der Waals surface area contributed by atoms with E-state index in [1.165, 1.54) is 0 Å². The lowest BCUT2D eigenvalue weighted by atomic mass is 10.2. The van der Waals surface area contributed by atoms with E-state index in [0.29, 0.717) is 23.8 Å². The predicted molar refractivity (Wildman–Crippen MR) is 108 cm³/mol. The normalized spacial score (nSPS) is 10.8. The number of nitrogens with one attached hydrogen (secondary N) is 1. The van der Waals surface area contributed by atoms with Crippen LogP contribution in [0.2, 0.25) is 0 Å². The van der Waals surface area contributed by atoms with E-state index in [-0.39, 0.29) is 0 Å². The van der Waals surface area contributed by atoms with Crippen molar-refractivity contribution in [3.8, 4) is 17.2 Å². The summed E-state index contributed by atoms with van der Waals surface area (Å²) in [6, 6.07) is 9.48. The van der Waals surface area contributed by atoms with Crippen molar-refractivity contribution in [2.75, 3.05) is 14.2 Å². The average molecular weight is 538 g/mol. The van der Waals surface area contributed by atoms with Gasteiger partial charge in [0.05, 0.1) is 34.1 Å². The zero-order valence-corrected chi connectivity index (χ0v) is 17.0. The molecule has 2 aromatic rings. The average Bonchev–Trinajstić information content (AvgIpc) is 2.56. The molecule has 0 spiro atoms. The zero-order valence-electron chi connectivity index (χ0n) is 12.6. The van der Waals surface area contributed by atoms with Gasteiger partial charge in [-0.15, -0.1) is 0 Å². The quantitative estimate of drug-likeness (QED) is 0.335. The Balaban J connectivity index is 1.99. The Bertz CT molecular complexity index is 697. The summed E-state index contributed by atoms with van der Waals surface area (Å²) in [4.78, 5) is 0. The molecule has 0 aliphatic heterocycles. The molecule has 2 aromatic carbocycles. The fraction of sp³-hybridized carbons (Fsp3) is 0.188. The maximum atomic E-state index is 9.75. The first-order chi connectivity index (χ1) is 11.0. The van der Waals surface area contributed by atoms with Gasteiger partial charge >= 0.3 is 0 Å². The lowest BCUT2D eigenvalue weighted by Crippen LogP contribution is -2.06. The van der Waals surface area contributed by atoms with Crippen LogP contribution in [0.3, 0.4) is 0 Å². The van der Waals surface area contributed by atoms with Crippen LogP contribution in [0.4, 0.5) is 0 Å². The van der Waals surface area contributed by atoms with E-state index in [2.05, 4.69) is 55.7 Å². The summed E-state index contributed by atoms with van der Waals surface area (Å²) >= 11 is 4.20. The first kappa shape index (κ1) is 18.1. The summed E-state index contributed by atoms with van der Waals surface area (Å²) < 4.78 is 12.1.